The number of anilines is 1. The number of thiazole rings is 1. The minimum Gasteiger partial charge on any atom is -0.316 e. The zero-order valence-corrected chi connectivity index (χ0v) is 13.6. The summed E-state index contributed by atoms with van der Waals surface area (Å²) in [6, 6.07) is 3.45. The first-order valence-electron chi connectivity index (χ1n) is 6.51. The minimum atomic E-state index is -2.73. The summed E-state index contributed by atoms with van der Waals surface area (Å²) in [5.41, 5.74) is 1.13. The molecule has 0 fully saturated rings. The van der Waals surface area contributed by atoms with Gasteiger partial charge in [-0.1, -0.05) is 11.6 Å². The highest BCUT2D eigenvalue weighted by atomic mass is 35.5. The Morgan fingerprint density at radius 1 is 1.35 bits per heavy atom. The summed E-state index contributed by atoms with van der Waals surface area (Å²) in [6.45, 7) is 1.70. The maximum absolute atomic E-state index is 12.9. The van der Waals surface area contributed by atoms with Crippen molar-refractivity contribution in [3.63, 3.8) is 0 Å². The molecule has 0 aromatic carbocycles. The van der Waals surface area contributed by atoms with Crippen LogP contribution < -0.4 is 9.84 Å². The molecule has 7 heteroatoms. The van der Waals surface area contributed by atoms with Crippen molar-refractivity contribution in [1.29, 1.82) is 0 Å². The summed E-state index contributed by atoms with van der Waals surface area (Å²) >= 11 is 7.37. The topological polar surface area (TPSA) is 54.9 Å². The Hall–Kier alpha value is -0.900. The number of halogens is 1. The van der Waals surface area contributed by atoms with E-state index < -0.39 is 7.29 Å². The summed E-state index contributed by atoms with van der Waals surface area (Å²) < 4.78 is 13.5. The Morgan fingerprint density at radius 3 is 2.85 bits per heavy atom. The van der Waals surface area contributed by atoms with Crippen molar-refractivity contribution in [3.8, 4) is 0 Å². The molecular weight excluding hydrogens is 313 g/mol. The summed E-state index contributed by atoms with van der Waals surface area (Å²) in [6.07, 6.45) is 5.99. The highest BCUT2D eigenvalue weighted by molar-refractivity contribution is 7.77. The van der Waals surface area contributed by atoms with Crippen molar-refractivity contribution in [3.05, 3.63) is 33.9 Å². The molecule has 1 N–H and O–H groups in total. The van der Waals surface area contributed by atoms with Crippen molar-refractivity contribution in [2.75, 3.05) is 11.8 Å². The molecule has 0 aliphatic heterocycles. The number of aromatic nitrogens is 2. The Kier molecular flexibility index (Phi) is 3.85. The van der Waals surface area contributed by atoms with Gasteiger partial charge in [-0.2, -0.15) is 0 Å². The first-order valence-corrected chi connectivity index (χ1v) is 9.86. The summed E-state index contributed by atoms with van der Waals surface area (Å²) in [5.74, 6) is 0.563. The second kappa shape index (κ2) is 5.47. The SMILES string of the molecule is C[P@](=O)(Nc1ccc(Cl)cn1)c1nc2c(s1)CCCC2. The van der Waals surface area contributed by atoms with Crippen LogP contribution in [-0.2, 0) is 17.4 Å². The van der Waals surface area contributed by atoms with Crippen LogP contribution in [0.2, 0.25) is 5.02 Å². The van der Waals surface area contributed by atoms with Crippen molar-refractivity contribution >= 4 is 40.8 Å². The van der Waals surface area contributed by atoms with E-state index in [1.54, 1.807) is 30.1 Å². The van der Waals surface area contributed by atoms with Gasteiger partial charge in [-0.3, -0.25) is 4.57 Å². The van der Waals surface area contributed by atoms with E-state index in [0.717, 1.165) is 18.5 Å². The number of nitrogens with zero attached hydrogens (tertiary/aromatic N) is 2. The number of fused-ring (bicyclic) bond motifs is 1. The summed E-state index contributed by atoms with van der Waals surface area (Å²) in [5, 5.41) is 3.57. The van der Waals surface area contributed by atoms with Gasteiger partial charge in [0, 0.05) is 17.7 Å². The maximum Gasteiger partial charge on any atom is 0.224 e. The molecular formula is C13H15ClN3OPS. The van der Waals surface area contributed by atoms with Crippen LogP contribution in [0, 0.1) is 0 Å². The highest BCUT2D eigenvalue weighted by Gasteiger charge is 2.26. The smallest absolute Gasteiger partial charge is 0.224 e. The van der Waals surface area contributed by atoms with Gasteiger partial charge in [0.05, 0.1) is 10.7 Å². The van der Waals surface area contributed by atoms with Gasteiger partial charge in [-0.15, -0.1) is 11.3 Å². The maximum atomic E-state index is 12.9. The molecule has 1 aliphatic carbocycles. The molecule has 2 aromatic heterocycles. The molecule has 0 amide bonds. The van der Waals surface area contributed by atoms with E-state index >= 15 is 0 Å². The van der Waals surface area contributed by atoms with Gasteiger partial charge in [-0.05, 0) is 37.8 Å². The van der Waals surface area contributed by atoms with Crippen LogP contribution >= 0.6 is 30.2 Å². The van der Waals surface area contributed by atoms with E-state index in [-0.39, 0.29) is 0 Å². The Bertz CT molecular complexity index is 647. The third-order valence-electron chi connectivity index (χ3n) is 3.25. The number of hydrogen-bond donors (Lipinski definition) is 1. The van der Waals surface area contributed by atoms with Crippen LogP contribution in [0.15, 0.2) is 18.3 Å². The quantitative estimate of drug-likeness (QED) is 0.873. The van der Waals surface area contributed by atoms with Gasteiger partial charge in [0.25, 0.3) is 0 Å². The van der Waals surface area contributed by atoms with Crippen LogP contribution in [0.25, 0.3) is 0 Å². The lowest BCUT2D eigenvalue weighted by Gasteiger charge is -2.12. The van der Waals surface area contributed by atoms with Crippen LogP contribution in [-0.4, -0.2) is 16.6 Å². The van der Waals surface area contributed by atoms with Gasteiger partial charge in [0.15, 0.2) is 4.75 Å². The molecule has 1 aliphatic rings. The van der Waals surface area contributed by atoms with E-state index in [4.69, 9.17) is 11.6 Å². The largest absolute Gasteiger partial charge is 0.316 e. The van der Waals surface area contributed by atoms with E-state index in [9.17, 15) is 4.57 Å². The number of nitrogens with one attached hydrogen (secondary N) is 1. The normalized spacial score (nSPS) is 17.3. The van der Waals surface area contributed by atoms with Gasteiger partial charge in [0.2, 0.25) is 7.29 Å². The zero-order chi connectivity index (χ0) is 14.2. The Morgan fingerprint density at radius 2 is 2.15 bits per heavy atom. The second-order valence-electron chi connectivity index (χ2n) is 4.97. The molecule has 3 rings (SSSR count). The van der Waals surface area contributed by atoms with Crippen LogP contribution in [0.3, 0.4) is 0 Å². The third kappa shape index (κ3) is 2.90. The van der Waals surface area contributed by atoms with Gasteiger partial charge in [-0.25, -0.2) is 9.97 Å². The number of rotatable bonds is 3. The van der Waals surface area contributed by atoms with Crippen molar-refractivity contribution in [2.24, 2.45) is 0 Å². The molecule has 0 saturated carbocycles. The predicted molar refractivity (Wildman–Crippen MR) is 84.8 cm³/mol. The molecule has 1 atom stereocenters. The molecule has 0 spiro atoms. The lowest BCUT2D eigenvalue weighted by atomic mass is 10.0. The van der Waals surface area contributed by atoms with Crippen LogP contribution in [0.4, 0.5) is 5.82 Å². The van der Waals surface area contributed by atoms with E-state index in [2.05, 4.69) is 15.1 Å². The minimum absolute atomic E-state index is 0.561. The standard InChI is InChI=1S/C13H15ClN3OPS/c1-19(18,17-12-7-6-9(14)8-15-12)13-16-10-4-2-3-5-11(10)20-13/h6-8H,2-5H2,1H3,(H,15,17,18)/t19-/m1/s1. The van der Waals surface area contributed by atoms with E-state index in [0.29, 0.717) is 15.6 Å². The summed E-state index contributed by atoms with van der Waals surface area (Å²) in [4.78, 5) is 10.00. The fourth-order valence-corrected chi connectivity index (χ4v) is 5.37. The monoisotopic (exact) mass is 327 g/mol. The zero-order valence-electron chi connectivity index (χ0n) is 11.1. The van der Waals surface area contributed by atoms with E-state index in [1.807, 2.05) is 0 Å². The number of pyridine rings is 1. The van der Waals surface area contributed by atoms with E-state index in [1.165, 1.54) is 23.9 Å². The van der Waals surface area contributed by atoms with Crippen molar-refractivity contribution in [2.45, 2.75) is 25.7 Å². The fourth-order valence-electron chi connectivity index (χ4n) is 2.23. The van der Waals surface area contributed by atoms with Crippen LogP contribution in [0.1, 0.15) is 23.4 Å². The van der Waals surface area contributed by atoms with Crippen molar-refractivity contribution < 1.29 is 4.57 Å². The average Bonchev–Trinajstić information content (AvgIpc) is 2.86. The number of aryl methyl sites for hydroxylation is 2. The number of hydrogen-bond acceptors (Lipinski definition) is 4. The molecule has 0 bridgehead atoms. The van der Waals surface area contributed by atoms with Crippen molar-refractivity contribution in [1.82, 2.24) is 9.97 Å². The summed E-state index contributed by atoms with van der Waals surface area (Å²) in [7, 11) is -2.73. The molecule has 0 radical (unpaired) electrons. The first-order chi connectivity index (χ1) is 9.54. The third-order valence-corrected chi connectivity index (χ3v) is 7.24. The van der Waals surface area contributed by atoms with Gasteiger partial charge < -0.3 is 5.09 Å². The van der Waals surface area contributed by atoms with Crippen LogP contribution in [0.5, 0.6) is 0 Å². The molecule has 20 heavy (non-hydrogen) atoms. The van der Waals surface area contributed by atoms with Gasteiger partial charge >= 0.3 is 0 Å². The second-order valence-corrected chi connectivity index (χ2v) is 9.29. The lowest BCUT2D eigenvalue weighted by Crippen LogP contribution is -2.11. The lowest BCUT2D eigenvalue weighted by molar-refractivity contribution is 0.587. The first kappa shape index (κ1) is 14.1. The Balaban J connectivity index is 1.85. The molecule has 4 nitrogen and oxygen atoms in total. The van der Waals surface area contributed by atoms with Gasteiger partial charge in [0.1, 0.15) is 5.82 Å². The molecule has 0 unspecified atom stereocenters. The highest BCUT2D eigenvalue weighted by Crippen LogP contribution is 2.42. The predicted octanol–water partition coefficient (Wildman–Crippen LogP) is 3.72. The average molecular weight is 328 g/mol. The molecule has 0 saturated heterocycles. The fraction of sp³-hybridized carbons (Fsp3) is 0.385. The molecule has 2 aromatic rings. The Labute approximate surface area is 127 Å². The molecule has 106 valence electrons. The molecule has 2 heterocycles.